The second-order valence-corrected chi connectivity index (χ2v) is 3.91. The molecule has 0 radical (unpaired) electrons. The summed E-state index contributed by atoms with van der Waals surface area (Å²) in [5.74, 6) is -0.406. The van der Waals surface area contributed by atoms with Gasteiger partial charge in [-0.2, -0.15) is 0 Å². The lowest BCUT2D eigenvalue weighted by Gasteiger charge is -2.27. The van der Waals surface area contributed by atoms with Gasteiger partial charge in [0, 0.05) is 13.1 Å². The van der Waals surface area contributed by atoms with Gasteiger partial charge >= 0.3 is 5.97 Å². The molecule has 0 aliphatic carbocycles. The zero-order chi connectivity index (χ0) is 13.0. The molecule has 3 N–H and O–H groups in total. The van der Waals surface area contributed by atoms with E-state index < -0.39 is 5.97 Å². The average Bonchev–Trinajstić information content (AvgIpc) is 2.36. The Morgan fingerprint density at radius 2 is 2.24 bits per heavy atom. The number of rotatable bonds is 4. The van der Waals surface area contributed by atoms with Gasteiger partial charge in [-0.25, -0.2) is 4.79 Å². The fourth-order valence-electron chi connectivity index (χ4n) is 1.45. The van der Waals surface area contributed by atoms with Gasteiger partial charge in [-0.15, -0.1) is 0 Å². The fourth-order valence-corrected chi connectivity index (χ4v) is 1.45. The molecule has 0 bridgehead atoms. The minimum absolute atomic E-state index is 0.0123. The van der Waals surface area contributed by atoms with Crippen molar-refractivity contribution in [3.8, 4) is 0 Å². The molecule has 0 fully saturated rings. The number of hydrogen-bond acceptors (Lipinski definition) is 5. The summed E-state index contributed by atoms with van der Waals surface area (Å²) >= 11 is 0. The summed E-state index contributed by atoms with van der Waals surface area (Å²) in [6.45, 7) is 1.88. The number of aliphatic hydroxyl groups is 1. The van der Waals surface area contributed by atoms with Crippen molar-refractivity contribution in [3.05, 3.63) is 23.8 Å². The molecule has 94 valence electrons. The maximum atomic E-state index is 11.4. The number of nitrogens with zero attached hydrogens (tertiary/aromatic N) is 1. The van der Waals surface area contributed by atoms with Crippen LogP contribution in [-0.4, -0.2) is 37.9 Å². The van der Waals surface area contributed by atoms with Crippen LogP contribution in [0.15, 0.2) is 18.2 Å². The first-order valence-corrected chi connectivity index (χ1v) is 5.32. The number of likely N-dealkylation sites (N-methyl/N-ethyl adjacent to an activating group) is 1. The third kappa shape index (κ3) is 2.88. The molecule has 17 heavy (non-hydrogen) atoms. The van der Waals surface area contributed by atoms with Gasteiger partial charge in [0.25, 0.3) is 0 Å². The van der Waals surface area contributed by atoms with Crippen molar-refractivity contribution in [3.63, 3.8) is 0 Å². The van der Waals surface area contributed by atoms with Gasteiger partial charge in [0.2, 0.25) is 0 Å². The number of nitrogen functional groups attached to an aromatic ring is 1. The molecule has 1 unspecified atom stereocenters. The molecule has 1 aromatic carbocycles. The van der Waals surface area contributed by atoms with E-state index >= 15 is 0 Å². The summed E-state index contributed by atoms with van der Waals surface area (Å²) in [6.07, 6.45) is 0. The van der Waals surface area contributed by atoms with Crippen LogP contribution in [0.4, 0.5) is 11.4 Å². The number of carbonyl (C=O) groups is 1. The minimum Gasteiger partial charge on any atom is -0.465 e. The molecular weight excluding hydrogens is 220 g/mol. The first kappa shape index (κ1) is 13.3. The van der Waals surface area contributed by atoms with Crippen LogP contribution in [0.2, 0.25) is 0 Å². The summed E-state index contributed by atoms with van der Waals surface area (Å²) in [5.41, 5.74) is 7.55. The lowest BCUT2D eigenvalue weighted by atomic mass is 10.1. The molecule has 0 amide bonds. The van der Waals surface area contributed by atoms with E-state index in [0.717, 1.165) is 0 Å². The number of aliphatic hydroxyl groups excluding tert-OH is 1. The highest BCUT2D eigenvalue weighted by atomic mass is 16.5. The highest BCUT2D eigenvalue weighted by Crippen LogP contribution is 2.25. The minimum atomic E-state index is -0.406. The van der Waals surface area contributed by atoms with E-state index in [4.69, 9.17) is 10.8 Å². The average molecular weight is 238 g/mol. The van der Waals surface area contributed by atoms with Gasteiger partial charge in [0.05, 0.1) is 30.7 Å². The van der Waals surface area contributed by atoms with E-state index in [1.807, 2.05) is 18.9 Å². The van der Waals surface area contributed by atoms with Crippen LogP contribution < -0.4 is 10.6 Å². The number of esters is 1. The predicted molar refractivity (Wildman–Crippen MR) is 67.1 cm³/mol. The molecule has 0 saturated carbocycles. The third-order valence-corrected chi connectivity index (χ3v) is 2.76. The van der Waals surface area contributed by atoms with Crippen molar-refractivity contribution in [2.24, 2.45) is 0 Å². The zero-order valence-corrected chi connectivity index (χ0v) is 10.3. The highest BCUT2D eigenvalue weighted by molar-refractivity contribution is 5.92. The summed E-state index contributed by atoms with van der Waals surface area (Å²) in [4.78, 5) is 13.2. The van der Waals surface area contributed by atoms with Gasteiger partial charge in [-0.3, -0.25) is 0 Å². The maximum absolute atomic E-state index is 11.4. The van der Waals surface area contributed by atoms with Gasteiger partial charge in [0.15, 0.2) is 0 Å². The standard InChI is InChI=1S/C12H18N2O3/c1-8(7-15)14(2)11-6-9(12(16)17-3)4-5-10(11)13/h4-6,8,15H,7,13H2,1-3H3. The van der Waals surface area contributed by atoms with Crippen LogP contribution >= 0.6 is 0 Å². The Bertz CT molecular complexity index is 407. The normalized spacial score (nSPS) is 12.0. The number of methoxy groups -OCH3 is 1. The number of benzene rings is 1. The first-order valence-electron chi connectivity index (χ1n) is 5.32. The second kappa shape index (κ2) is 5.54. The Morgan fingerprint density at radius 1 is 1.59 bits per heavy atom. The molecule has 0 aliphatic rings. The Balaban J connectivity index is 3.10. The second-order valence-electron chi connectivity index (χ2n) is 3.91. The maximum Gasteiger partial charge on any atom is 0.337 e. The number of hydrogen-bond donors (Lipinski definition) is 2. The largest absolute Gasteiger partial charge is 0.465 e. The van der Waals surface area contributed by atoms with Crippen molar-refractivity contribution in [1.82, 2.24) is 0 Å². The van der Waals surface area contributed by atoms with Crippen molar-refractivity contribution < 1.29 is 14.6 Å². The van der Waals surface area contributed by atoms with E-state index in [-0.39, 0.29) is 12.6 Å². The van der Waals surface area contributed by atoms with Crippen molar-refractivity contribution in [1.29, 1.82) is 0 Å². The molecule has 0 heterocycles. The van der Waals surface area contributed by atoms with Crippen LogP contribution in [0.1, 0.15) is 17.3 Å². The zero-order valence-electron chi connectivity index (χ0n) is 10.3. The number of carbonyl (C=O) groups excluding carboxylic acids is 1. The quantitative estimate of drug-likeness (QED) is 0.601. The van der Waals surface area contributed by atoms with Crippen LogP contribution in [0, 0.1) is 0 Å². The Hall–Kier alpha value is -1.75. The lowest BCUT2D eigenvalue weighted by molar-refractivity contribution is 0.0601. The Labute approximate surface area is 101 Å². The van der Waals surface area contributed by atoms with Gasteiger partial charge in [0.1, 0.15) is 0 Å². The van der Waals surface area contributed by atoms with Crippen LogP contribution in [-0.2, 0) is 4.74 Å². The highest BCUT2D eigenvalue weighted by Gasteiger charge is 2.14. The Kier molecular flexibility index (Phi) is 4.34. The SMILES string of the molecule is COC(=O)c1ccc(N)c(N(C)C(C)CO)c1. The van der Waals surface area contributed by atoms with E-state index in [2.05, 4.69) is 4.74 Å². The van der Waals surface area contributed by atoms with E-state index in [0.29, 0.717) is 16.9 Å². The molecular formula is C12H18N2O3. The van der Waals surface area contributed by atoms with E-state index in [9.17, 15) is 4.79 Å². The Morgan fingerprint density at radius 3 is 2.76 bits per heavy atom. The van der Waals surface area contributed by atoms with Crippen molar-refractivity contribution in [2.45, 2.75) is 13.0 Å². The van der Waals surface area contributed by atoms with Crippen LogP contribution in [0.3, 0.4) is 0 Å². The van der Waals surface area contributed by atoms with Crippen molar-refractivity contribution >= 4 is 17.3 Å². The van der Waals surface area contributed by atoms with Gasteiger partial charge < -0.3 is 20.5 Å². The summed E-state index contributed by atoms with van der Waals surface area (Å²) in [6, 6.07) is 4.85. The smallest absolute Gasteiger partial charge is 0.337 e. The first-order chi connectivity index (χ1) is 8.01. The molecule has 0 aliphatic heterocycles. The van der Waals surface area contributed by atoms with Crippen molar-refractivity contribution in [2.75, 3.05) is 31.4 Å². The summed E-state index contributed by atoms with van der Waals surface area (Å²) < 4.78 is 4.65. The molecule has 5 heteroatoms. The van der Waals surface area contributed by atoms with Crippen LogP contribution in [0.25, 0.3) is 0 Å². The van der Waals surface area contributed by atoms with E-state index in [1.165, 1.54) is 7.11 Å². The monoisotopic (exact) mass is 238 g/mol. The van der Waals surface area contributed by atoms with Gasteiger partial charge in [-0.05, 0) is 25.1 Å². The number of anilines is 2. The predicted octanol–water partition coefficient (Wildman–Crippen LogP) is 0.872. The molecule has 1 aromatic rings. The molecule has 0 aromatic heterocycles. The molecule has 5 nitrogen and oxygen atoms in total. The number of nitrogens with two attached hydrogens (primary N) is 1. The topological polar surface area (TPSA) is 75.8 Å². The molecule has 1 atom stereocenters. The molecule has 0 spiro atoms. The number of ether oxygens (including phenoxy) is 1. The van der Waals surface area contributed by atoms with Gasteiger partial charge in [-0.1, -0.05) is 0 Å². The van der Waals surface area contributed by atoms with E-state index in [1.54, 1.807) is 18.2 Å². The molecule has 0 saturated heterocycles. The fraction of sp³-hybridized carbons (Fsp3) is 0.417. The molecule has 1 rings (SSSR count). The van der Waals surface area contributed by atoms with Crippen LogP contribution in [0.5, 0.6) is 0 Å². The third-order valence-electron chi connectivity index (χ3n) is 2.76. The lowest BCUT2D eigenvalue weighted by Crippen LogP contribution is -2.32. The summed E-state index contributed by atoms with van der Waals surface area (Å²) in [7, 11) is 3.14. The summed E-state index contributed by atoms with van der Waals surface area (Å²) in [5, 5.41) is 9.11.